The third-order valence-electron chi connectivity index (χ3n) is 2.34. The van der Waals surface area contributed by atoms with E-state index in [9.17, 15) is 0 Å². The zero-order valence-electron chi connectivity index (χ0n) is 7.38. The van der Waals surface area contributed by atoms with Gasteiger partial charge in [-0.05, 0) is 32.2 Å². The highest BCUT2D eigenvalue weighted by Gasteiger charge is 2.21. The van der Waals surface area contributed by atoms with Crippen molar-refractivity contribution in [2.24, 2.45) is 5.92 Å². The lowest BCUT2D eigenvalue weighted by Gasteiger charge is -2.09. The fraction of sp³-hybridized carbons (Fsp3) is 0.667. The first kappa shape index (κ1) is 7.80. The van der Waals surface area contributed by atoms with Crippen LogP contribution in [0.5, 0.6) is 0 Å². The number of nitrogens with one attached hydrogen (secondary N) is 2. The minimum absolute atomic E-state index is 0.362. The molecule has 1 aromatic heterocycles. The average Bonchev–Trinajstić information content (AvgIpc) is 2.74. The van der Waals surface area contributed by atoms with Crippen LogP contribution in [0.4, 0.5) is 0 Å². The second-order valence-electron chi connectivity index (χ2n) is 3.55. The summed E-state index contributed by atoms with van der Waals surface area (Å²) in [7, 11) is 0. The number of aromatic amines is 1. The lowest BCUT2D eigenvalue weighted by Crippen LogP contribution is -2.21. The summed E-state index contributed by atoms with van der Waals surface area (Å²) in [4.78, 5) is 7.30. The van der Waals surface area contributed by atoms with Crippen molar-refractivity contribution in [3.63, 3.8) is 0 Å². The van der Waals surface area contributed by atoms with Crippen molar-refractivity contribution in [1.29, 1.82) is 0 Å². The van der Waals surface area contributed by atoms with E-state index in [1.807, 2.05) is 6.20 Å². The summed E-state index contributed by atoms with van der Waals surface area (Å²) >= 11 is 0. The Morgan fingerprint density at radius 2 is 2.58 bits per heavy atom. The molecule has 1 heterocycles. The van der Waals surface area contributed by atoms with E-state index in [1.165, 1.54) is 12.8 Å². The first-order valence-electron chi connectivity index (χ1n) is 4.59. The van der Waals surface area contributed by atoms with Gasteiger partial charge < -0.3 is 10.3 Å². The summed E-state index contributed by atoms with van der Waals surface area (Å²) in [5, 5.41) is 3.45. The van der Waals surface area contributed by atoms with Crippen LogP contribution in [0.25, 0.3) is 0 Å². The SMILES string of the molecule is CC(NCC1CC1)c1ncc[nH]1. The molecular weight excluding hydrogens is 150 g/mol. The summed E-state index contributed by atoms with van der Waals surface area (Å²) < 4.78 is 0. The monoisotopic (exact) mass is 165 g/mol. The zero-order valence-corrected chi connectivity index (χ0v) is 7.38. The molecule has 3 heteroatoms. The van der Waals surface area contributed by atoms with E-state index in [0.717, 1.165) is 18.3 Å². The number of hydrogen-bond donors (Lipinski definition) is 2. The van der Waals surface area contributed by atoms with Crippen LogP contribution in [0.15, 0.2) is 12.4 Å². The zero-order chi connectivity index (χ0) is 8.39. The highest BCUT2D eigenvalue weighted by atomic mass is 15.0. The fourth-order valence-corrected chi connectivity index (χ4v) is 1.28. The maximum absolute atomic E-state index is 4.20. The Hall–Kier alpha value is -0.830. The number of rotatable bonds is 4. The molecule has 2 N–H and O–H groups in total. The van der Waals surface area contributed by atoms with Gasteiger partial charge in [-0.25, -0.2) is 4.98 Å². The van der Waals surface area contributed by atoms with Crippen molar-refractivity contribution in [3.05, 3.63) is 18.2 Å². The van der Waals surface area contributed by atoms with Crippen molar-refractivity contribution in [3.8, 4) is 0 Å². The van der Waals surface area contributed by atoms with Crippen molar-refractivity contribution in [2.75, 3.05) is 6.54 Å². The molecule has 3 nitrogen and oxygen atoms in total. The summed E-state index contributed by atoms with van der Waals surface area (Å²) in [6.07, 6.45) is 6.46. The second-order valence-corrected chi connectivity index (χ2v) is 3.55. The lowest BCUT2D eigenvalue weighted by molar-refractivity contribution is 0.530. The molecule has 1 saturated carbocycles. The molecule has 1 aliphatic rings. The van der Waals surface area contributed by atoms with Gasteiger partial charge in [0.25, 0.3) is 0 Å². The Kier molecular flexibility index (Phi) is 2.13. The molecule has 1 aromatic rings. The normalized spacial score (nSPS) is 19.4. The molecule has 0 radical (unpaired) electrons. The van der Waals surface area contributed by atoms with Gasteiger partial charge in [0.1, 0.15) is 5.82 Å². The molecule has 1 fully saturated rings. The summed E-state index contributed by atoms with van der Waals surface area (Å²) in [5.41, 5.74) is 0. The fourth-order valence-electron chi connectivity index (χ4n) is 1.28. The molecule has 66 valence electrons. The van der Waals surface area contributed by atoms with Gasteiger partial charge in [-0.1, -0.05) is 0 Å². The molecule has 0 aliphatic heterocycles. The van der Waals surface area contributed by atoms with Crippen LogP contribution in [0.1, 0.15) is 31.6 Å². The summed E-state index contributed by atoms with van der Waals surface area (Å²) in [6.45, 7) is 3.28. The van der Waals surface area contributed by atoms with Crippen LogP contribution < -0.4 is 5.32 Å². The number of aromatic nitrogens is 2. The highest BCUT2D eigenvalue weighted by Crippen LogP contribution is 2.28. The number of imidazole rings is 1. The topological polar surface area (TPSA) is 40.7 Å². The standard InChI is InChI=1S/C9H15N3/c1-7(9-10-4-5-11-9)12-6-8-2-3-8/h4-5,7-8,12H,2-3,6H2,1H3,(H,10,11). The summed E-state index contributed by atoms with van der Waals surface area (Å²) in [5.74, 6) is 1.97. The third-order valence-corrected chi connectivity index (χ3v) is 2.34. The van der Waals surface area contributed by atoms with Crippen molar-refractivity contribution in [2.45, 2.75) is 25.8 Å². The van der Waals surface area contributed by atoms with E-state index in [0.29, 0.717) is 6.04 Å². The van der Waals surface area contributed by atoms with Crippen LogP contribution in [-0.2, 0) is 0 Å². The maximum Gasteiger partial charge on any atom is 0.122 e. The van der Waals surface area contributed by atoms with Gasteiger partial charge in [0, 0.05) is 12.4 Å². The molecule has 0 amide bonds. The molecule has 0 spiro atoms. The summed E-state index contributed by atoms with van der Waals surface area (Å²) in [6, 6.07) is 0.362. The van der Waals surface area contributed by atoms with E-state index in [-0.39, 0.29) is 0 Å². The van der Waals surface area contributed by atoms with E-state index in [2.05, 4.69) is 22.2 Å². The Bertz CT molecular complexity index is 226. The van der Waals surface area contributed by atoms with Gasteiger partial charge in [-0.15, -0.1) is 0 Å². The van der Waals surface area contributed by atoms with Gasteiger partial charge >= 0.3 is 0 Å². The Balaban J connectivity index is 1.79. The Morgan fingerprint density at radius 3 is 3.17 bits per heavy atom. The second kappa shape index (κ2) is 3.27. The minimum atomic E-state index is 0.362. The quantitative estimate of drug-likeness (QED) is 0.709. The van der Waals surface area contributed by atoms with Crippen molar-refractivity contribution < 1.29 is 0 Å². The molecule has 0 bridgehead atoms. The smallest absolute Gasteiger partial charge is 0.122 e. The third kappa shape index (κ3) is 1.85. The van der Waals surface area contributed by atoms with E-state index in [4.69, 9.17) is 0 Å². The molecule has 2 rings (SSSR count). The highest BCUT2D eigenvalue weighted by molar-refractivity contribution is 4.94. The van der Waals surface area contributed by atoms with E-state index >= 15 is 0 Å². The molecule has 1 aliphatic carbocycles. The molecule has 1 unspecified atom stereocenters. The van der Waals surface area contributed by atoms with Crippen LogP contribution in [0.2, 0.25) is 0 Å². The molecule has 0 aromatic carbocycles. The largest absolute Gasteiger partial charge is 0.347 e. The predicted molar refractivity (Wildman–Crippen MR) is 47.7 cm³/mol. The van der Waals surface area contributed by atoms with Gasteiger partial charge in [0.15, 0.2) is 0 Å². The molecular formula is C9H15N3. The van der Waals surface area contributed by atoms with Crippen LogP contribution >= 0.6 is 0 Å². The van der Waals surface area contributed by atoms with Gasteiger partial charge in [0.05, 0.1) is 6.04 Å². The predicted octanol–water partition coefficient (Wildman–Crippen LogP) is 1.47. The van der Waals surface area contributed by atoms with Crippen molar-refractivity contribution >= 4 is 0 Å². The number of hydrogen-bond acceptors (Lipinski definition) is 2. The molecule has 0 saturated heterocycles. The van der Waals surface area contributed by atoms with Gasteiger partial charge in [0.2, 0.25) is 0 Å². The van der Waals surface area contributed by atoms with E-state index < -0.39 is 0 Å². The van der Waals surface area contributed by atoms with E-state index in [1.54, 1.807) is 6.20 Å². The Labute approximate surface area is 72.6 Å². The molecule has 1 atom stereocenters. The number of nitrogens with zero attached hydrogens (tertiary/aromatic N) is 1. The van der Waals surface area contributed by atoms with Gasteiger partial charge in [-0.2, -0.15) is 0 Å². The molecule has 12 heavy (non-hydrogen) atoms. The number of H-pyrrole nitrogens is 1. The maximum atomic E-state index is 4.20. The first-order valence-corrected chi connectivity index (χ1v) is 4.59. The van der Waals surface area contributed by atoms with Crippen LogP contribution in [-0.4, -0.2) is 16.5 Å². The van der Waals surface area contributed by atoms with Crippen molar-refractivity contribution in [1.82, 2.24) is 15.3 Å². The average molecular weight is 165 g/mol. The van der Waals surface area contributed by atoms with Crippen LogP contribution in [0.3, 0.4) is 0 Å². The first-order chi connectivity index (χ1) is 5.86. The van der Waals surface area contributed by atoms with Gasteiger partial charge in [-0.3, -0.25) is 0 Å². The van der Waals surface area contributed by atoms with Crippen LogP contribution in [0, 0.1) is 5.92 Å². The minimum Gasteiger partial charge on any atom is -0.347 e. The Morgan fingerprint density at radius 1 is 1.75 bits per heavy atom. The lowest BCUT2D eigenvalue weighted by atomic mass is 10.3.